The molecule has 0 spiro atoms. The van der Waals surface area contributed by atoms with Crippen molar-refractivity contribution in [3.8, 4) is 0 Å². The summed E-state index contributed by atoms with van der Waals surface area (Å²) in [6, 6.07) is -0.0182. The minimum atomic E-state index is -3.14. The molecule has 0 aromatic carbocycles. The fourth-order valence-corrected chi connectivity index (χ4v) is 4.70. The van der Waals surface area contributed by atoms with Crippen molar-refractivity contribution >= 4 is 10.0 Å². The topological polar surface area (TPSA) is 55.2 Å². The largest absolute Gasteiger partial charge is 0.273 e. The van der Waals surface area contributed by atoms with E-state index in [1.807, 2.05) is 24.9 Å². The SMILES string of the molecule is CCCCCS(=O)(=O)N1CCC[C@H]1c1cnn(C)c1C. The van der Waals surface area contributed by atoms with Crippen LogP contribution >= 0.6 is 0 Å². The highest BCUT2D eigenvalue weighted by atomic mass is 32.2. The first-order valence-corrected chi connectivity index (χ1v) is 9.06. The molecule has 1 aromatic heterocycles. The Hall–Kier alpha value is -0.880. The summed E-state index contributed by atoms with van der Waals surface area (Å²) >= 11 is 0. The third kappa shape index (κ3) is 3.06. The molecule has 114 valence electrons. The molecule has 1 saturated heterocycles. The highest BCUT2D eigenvalue weighted by Gasteiger charge is 2.36. The molecule has 6 heteroatoms. The van der Waals surface area contributed by atoms with Crippen molar-refractivity contribution in [3.63, 3.8) is 0 Å². The smallest absolute Gasteiger partial charge is 0.214 e. The van der Waals surface area contributed by atoms with Crippen LogP contribution in [0.2, 0.25) is 0 Å². The lowest BCUT2D eigenvalue weighted by Crippen LogP contribution is -2.32. The Labute approximate surface area is 122 Å². The number of aryl methyl sites for hydroxylation is 1. The lowest BCUT2D eigenvalue weighted by Gasteiger charge is -2.24. The van der Waals surface area contributed by atoms with E-state index in [9.17, 15) is 8.42 Å². The normalized spacial score (nSPS) is 20.6. The Bertz CT molecular complexity index is 551. The van der Waals surface area contributed by atoms with Crippen molar-refractivity contribution in [2.24, 2.45) is 7.05 Å². The van der Waals surface area contributed by atoms with Gasteiger partial charge in [-0.1, -0.05) is 19.8 Å². The van der Waals surface area contributed by atoms with Crippen LogP contribution in [0.1, 0.15) is 56.3 Å². The summed E-state index contributed by atoms with van der Waals surface area (Å²) in [4.78, 5) is 0. The second kappa shape index (κ2) is 6.26. The van der Waals surface area contributed by atoms with Crippen molar-refractivity contribution in [1.82, 2.24) is 14.1 Å². The zero-order valence-corrected chi connectivity index (χ0v) is 13.5. The molecule has 1 fully saturated rings. The molecule has 1 aliphatic heterocycles. The molecule has 0 amide bonds. The highest BCUT2D eigenvalue weighted by Crippen LogP contribution is 2.35. The molecule has 0 unspecified atom stereocenters. The van der Waals surface area contributed by atoms with Crippen LogP contribution in [-0.2, 0) is 17.1 Å². The molecule has 20 heavy (non-hydrogen) atoms. The summed E-state index contributed by atoms with van der Waals surface area (Å²) < 4.78 is 28.5. The van der Waals surface area contributed by atoms with Crippen LogP contribution in [0.4, 0.5) is 0 Å². The van der Waals surface area contributed by atoms with E-state index in [1.54, 1.807) is 4.31 Å². The monoisotopic (exact) mass is 299 g/mol. The van der Waals surface area contributed by atoms with Gasteiger partial charge in [-0.05, 0) is 26.2 Å². The maximum absolute atomic E-state index is 12.5. The van der Waals surface area contributed by atoms with Crippen molar-refractivity contribution in [1.29, 1.82) is 0 Å². The third-order valence-corrected chi connectivity index (χ3v) is 6.16. The number of hydrogen-bond acceptors (Lipinski definition) is 3. The van der Waals surface area contributed by atoms with Crippen LogP contribution in [0.25, 0.3) is 0 Å². The van der Waals surface area contributed by atoms with Gasteiger partial charge in [0.05, 0.1) is 18.0 Å². The van der Waals surface area contributed by atoms with Crippen LogP contribution in [-0.4, -0.2) is 34.8 Å². The zero-order chi connectivity index (χ0) is 14.8. The van der Waals surface area contributed by atoms with E-state index >= 15 is 0 Å². The van der Waals surface area contributed by atoms with E-state index in [1.165, 1.54) is 0 Å². The highest BCUT2D eigenvalue weighted by molar-refractivity contribution is 7.89. The number of unbranched alkanes of at least 4 members (excludes halogenated alkanes) is 2. The molecule has 1 aromatic rings. The number of nitrogens with zero attached hydrogens (tertiary/aromatic N) is 3. The molecule has 1 aliphatic rings. The first-order valence-electron chi connectivity index (χ1n) is 7.45. The van der Waals surface area contributed by atoms with Crippen molar-refractivity contribution in [2.45, 2.75) is 52.0 Å². The molecular formula is C14H25N3O2S. The molecule has 0 bridgehead atoms. The quantitative estimate of drug-likeness (QED) is 0.758. The average Bonchev–Trinajstić information content (AvgIpc) is 2.99. The summed E-state index contributed by atoms with van der Waals surface area (Å²) in [5.74, 6) is 0.274. The molecule has 1 atom stereocenters. The summed E-state index contributed by atoms with van der Waals surface area (Å²) in [5, 5.41) is 4.25. The van der Waals surface area contributed by atoms with E-state index in [0.29, 0.717) is 6.54 Å². The van der Waals surface area contributed by atoms with Gasteiger partial charge >= 0.3 is 0 Å². The van der Waals surface area contributed by atoms with Crippen molar-refractivity contribution in [3.05, 3.63) is 17.5 Å². The maximum atomic E-state index is 12.5. The summed E-state index contributed by atoms with van der Waals surface area (Å²) in [6.45, 7) is 4.74. The van der Waals surface area contributed by atoms with Gasteiger partial charge in [0.2, 0.25) is 10.0 Å². The Morgan fingerprint density at radius 2 is 2.15 bits per heavy atom. The first-order chi connectivity index (χ1) is 9.47. The van der Waals surface area contributed by atoms with Crippen molar-refractivity contribution in [2.75, 3.05) is 12.3 Å². The lowest BCUT2D eigenvalue weighted by atomic mass is 10.1. The van der Waals surface area contributed by atoms with Crippen molar-refractivity contribution < 1.29 is 8.42 Å². The van der Waals surface area contributed by atoms with E-state index < -0.39 is 10.0 Å². The van der Waals surface area contributed by atoms with E-state index in [0.717, 1.165) is 43.4 Å². The van der Waals surface area contributed by atoms with Gasteiger partial charge < -0.3 is 0 Å². The predicted octanol–water partition coefficient (Wildman–Crippen LogP) is 2.39. The third-order valence-electron chi connectivity index (χ3n) is 4.20. The van der Waals surface area contributed by atoms with Gasteiger partial charge in [-0.15, -0.1) is 0 Å². The van der Waals surface area contributed by atoms with E-state index in [4.69, 9.17) is 0 Å². The summed E-state index contributed by atoms with van der Waals surface area (Å²) in [7, 11) is -1.24. The minimum absolute atomic E-state index is 0.0182. The Morgan fingerprint density at radius 1 is 1.40 bits per heavy atom. The number of rotatable bonds is 6. The van der Waals surface area contributed by atoms with Gasteiger partial charge in [0.1, 0.15) is 0 Å². The van der Waals surface area contributed by atoms with Gasteiger partial charge in [0, 0.05) is 24.8 Å². The van der Waals surface area contributed by atoms with E-state index in [2.05, 4.69) is 12.0 Å². The molecular weight excluding hydrogens is 274 g/mol. The van der Waals surface area contributed by atoms with Crippen LogP contribution in [0.5, 0.6) is 0 Å². The van der Waals surface area contributed by atoms with Crippen LogP contribution in [0.3, 0.4) is 0 Å². The standard InChI is InChI=1S/C14H25N3O2S/c1-4-5-6-10-20(18,19)17-9-7-8-14(17)13-11-15-16(3)12(13)2/h11,14H,4-10H2,1-3H3/t14-/m0/s1. The molecule has 0 N–H and O–H groups in total. The number of sulfonamides is 1. The zero-order valence-electron chi connectivity index (χ0n) is 12.7. The van der Waals surface area contributed by atoms with Crippen LogP contribution in [0, 0.1) is 6.92 Å². The molecule has 5 nitrogen and oxygen atoms in total. The summed E-state index contributed by atoms with van der Waals surface area (Å²) in [6.07, 6.45) is 6.43. The molecule has 0 aliphatic carbocycles. The Balaban J connectivity index is 2.17. The molecule has 0 saturated carbocycles. The predicted molar refractivity (Wildman–Crippen MR) is 79.9 cm³/mol. The Kier molecular flexibility index (Phi) is 4.86. The summed E-state index contributed by atoms with van der Waals surface area (Å²) in [5.41, 5.74) is 2.12. The van der Waals surface area contributed by atoms with Gasteiger partial charge in [-0.25, -0.2) is 8.42 Å². The second-order valence-electron chi connectivity index (χ2n) is 5.60. The Morgan fingerprint density at radius 3 is 2.75 bits per heavy atom. The number of aromatic nitrogens is 2. The van der Waals surface area contributed by atoms with Crippen LogP contribution < -0.4 is 0 Å². The fourth-order valence-electron chi connectivity index (χ4n) is 2.88. The lowest BCUT2D eigenvalue weighted by molar-refractivity contribution is 0.394. The maximum Gasteiger partial charge on any atom is 0.214 e. The second-order valence-corrected chi connectivity index (χ2v) is 7.64. The van der Waals surface area contributed by atoms with Crippen LogP contribution in [0.15, 0.2) is 6.20 Å². The van der Waals surface area contributed by atoms with Gasteiger partial charge in [-0.2, -0.15) is 9.40 Å². The fraction of sp³-hybridized carbons (Fsp3) is 0.786. The molecule has 2 rings (SSSR count). The van der Waals surface area contributed by atoms with Gasteiger partial charge in [0.25, 0.3) is 0 Å². The van der Waals surface area contributed by atoms with Gasteiger partial charge in [-0.3, -0.25) is 4.68 Å². The van der Waals surface area contributed by atoms with Gasteiger partial charge in [0.15, 0.2) is 0 Å². The minimum Gasteiger partial charge on any atom is -0.273 e. The molecule has 0 radical (unpaired) electrons. The molecule has 2 heterocycles. The van der Waals surface area contributed by atoms with E-state index in [-0.39, 0.29) is 11.8 Å². The number of hydrogen-bond donors (Lipinski definition) is 0. The first kappa shape index (κ1) is 15.5. The average molecular weight is 299 g/mol.